The first-order valence-corrected chi connectivity index (χ1v) is 9.35. The van der Waals surface area contributed by atoms with Gasteiger partial charge in [0.25, 0.3) is 10.1 Å². The van der Waals surface area contributed by atoms with Crippen LogP contribution in [0.25, 0.3) is 0 Å². The van der Waals surface area contributed by atoms with Crippen molar-refractivity contribution in [3.8, 4) is 0 Å². The van der Waals surface area contributed by atoms with Crippen LogP contribution < -0.4 is 10.6 Å². The molecule has 1 aliphatic carbocycles. The predicted octanol–water partition coefficient (Wildman–Crippen LogP) is 1.98. The van der Waals surface area contributed by atoms with Crippen LogP contribution in [0, 0.1) is 5.92 Å². The first-order valence-electron chi connectivity index (χ1n) is 7.91. The van der Waals surface area contributed by atoms with Crippen molar-refractivity contribution in [3.05, 3.63) is 23.8 Å². The summed E-state index contributed by atoms with van der Waals surface area (Å²) in [6, 6.07) is 4.30. The van der Waals surface area contributed by atoms with Crippen LogP contribution in [0.2, 0.25) is 0 Å². The third-order valence-electron chi connectivity index (χ3n) is 4.44. The Morgan fingerprint density at radius 2 is 2.00 bits per heavy atom. The molecule has 0 unspecified atom stereocenters. The highest BCUT2D eigenvalue weighted by Gasteiger charge is 2.24. The minimum Gasteiger partial charge on any atom is -0.330 e. The number of rotatable bonds is 2. The van der Waals surface area contributed by atoms with E-state index in [2.05, 4.69) is 0 Å². The van der Waals surface area contributed by atoms with Crippen LogP contribution in [-0.2, 0) is 21.3 Å². The summed E-state index contributed by atoms with van der Waals surface area (Å²) in [5.41, 5.74) is 6.92. The minimum atomic E-state index is -4.21. The number of carbonyl (C=O) groups excluding carboxylic acids is 1. The molecule has 1 saturated carbocycles. The summed E-state index contributed by atoms with van der Waals surface area (Å²) in [5.74, 6) is 0.742. The van der Waals surface area contributed by atoms with E-state index >= 15 is 0 Å². The van der Waals surface area contributed by atoms with E-state index in [1.807, 2.05) is 0 Å². The second-order valence-electron chi connectivity index (χ2n) is 6.07. The van der Waals surface area contributed by atoms with Gasteiger partial charge in [-0.1, -0.05) is 18.9 Å². The zero-order chi connectivity index (χ0) is 17.0. The Labute approximate surface area is 137 Å². The molecule has 1 aromatic carbocycles. The number of nitrogens with zero attached hydrogens (tertiary/aromatic N) is 1. The molecule has 23 heavy (non-hydrogen) atoms. The second kappa shape index (κ2) is 7.42. The van der Waals surface area contributed by atoms with E-state index in [0.29, 0.717) is 18.7 Å². The fraction of sp³-hybridized carbons (Fsp3) is 0.562. The van der Waals surface area contributed by atoms with Gasteiger partial charge in [-0.15, -0.1) is 0 Å². The number of hydrogen-bond acceptors (Lipinski definition) is 4. The van der Waals surface area contributed by atoms with Crippen molar-refractivity contribution in [2.24, 2.45) is 11.7 Å². The summed E-state index contributed by atoms with van der Waals surface area (Å²) in [5, 5.41) is 0. The summed E-state index contributed by atoms with van der Waals surface area (Å²) < 4.78 is 30.8. The normalized spacial score (nSPS) is 17.6. The molecule has 0 bridgehead atoms. The highest BCUT2D eigenvalue weighted by Crippen LogP contribution is 2.30. The topological polar surface area (TPSA) is 101 Å². The first-order chi connectivity index (χ1) is 10.8. The highest BCUT2D eigenvalue weighted by molar-refractivity contribution is 7.85. The molecule has 0 spiro atoms. The van der Waals surface area contributed by atoms with Gasteiger partial charge >= 0.3 is 0 Å². The van der Waals surface area contributed by atoms with Crippen LogP contribution >= 0.6 is 0 Å². The fourth-order valence-corrected chi connectivity index (χ4v) is 3.59. The van der Waals surface area contributed by atoms with Gasteiger partial charge in [0.2, 0.25) is 5.91 Å². The lowest BCUT2D eigenvalue weighted by Crippen LogP contribution is -2.25. The van der Waals surface area contributed by atoms with Crippen LogP contribution in [0.4, 0.5) is 5.69 Å². The molecule has 1 aromatic rings. The molecular formula is C16H24N2O4S. The van der Waals surface area contributed by atoms with Crippen molar-refractivity contribution in [3.63, 3.8) is 0 Å². The number of benzene rings is 1. The zero-order valence-electron chi connectivity index (χ0n) is 13.4. The number of anilines is 1. The molecule has 1 fully saturated rings. The molecule has 3 N–H and O–H groups in total. The molecule has 0 atom stereocenters. The van der Waals surface area contributed by atoms with E-state index in [4.69, 9.17) is 10.3 Å². The van der Waals surface area contributed by atoms with E-state index < -0.39 is 10.1 Å². The average Bonchev–Trinajstić information content (AvgIpc) is 3.15. The molecular weight excluding hydrogens is 316 g/mol. The van der Waals surface area contributed by atoms with Crippen molar-refractivity contribution in [2.45, 2.75) is 43.9 Å². The number of hydrogen-bond donors (Lipinski definition) is 2. The Balaban J connectivity index is 0.000000229. The number of carbonyl (C=O) groups is 1. The molecule has 0 radical (unpaired) electrons. The van der Waals surface area contributed by atoms with Gasteiger partial charge in [-0.2, -0.15) is 8.42 Å². The van der Waals surface area contributed by atoms with Crippen molar-refractivity contribution in [1.29, 1.82) is 0 Å². The van der Waals surface area contributed by atoms with Gasteiger partial charge in [0.15, 0.2) is 0 Å². The number of nitrogens with two attached hydrogens (primary N) is 1. The summed E-state index contributed by atoms with van der Waals surface area (Å²) in [7, 11) is -4.21. The van der Waals surface area contributed by atoms with Gasteiger partial charge in [0.05, 0.1) is 4.90 Å². The third-order valence-corrected chi connectivity index (χ3v) is 5.29. The maximum absolute atomic E-state index is 11.3. The molecule has 7 heteroatoms. The van der Waals surface area contributed by atoms with Crippen LogP contribution in [0.5, 0.6) is 0 Å². The van der Waals surface area contributed by atoms with E-state index in [1.165, 1.54) is 49.6 Å². The smallest absolute Gasteiger partial charge is 0.294 e. The lowest BCUT2D eigenvalue weighted by molar-refractivity contribution is -0.116. The molecule has 6 nitrogen and oxygen atoms in total. The van der Waals surface area contributed by atoms with E-state index in [1.54, 1.807) is 6.07 Å². The molecule has 3 rings (SSSR count). The number of fused-ring (bicyclic) bond motifs is 1. The Kier molecular flexibility index (Phi) is 5.78. The Bertz CT molecular complexity index is 667. The van der Waals surface area contributed by atoms with Crippen LogP contribution in [0.3, 0.4) is 0 Å². The molecule has 0 saturated heterocycles. The highest BCUT2D eigenvalue weighted by atomic mass is 32.2. The van der Waals surface area contributed by atoms with Crippen molar-refractivity contribution in [1.82, 2.24) is 0 Å². The molecule has 1 amide bonds. The molecule has 2 aliphatic rings. The second-order valence-corrected chi connectivity index (χ2v) is 7.49. The number of amides is 1. The molecule has 1 heterocycles. The van der Waals surface area contributed by atoms with Crippen molar-refractivity contribution in [2.75, 3.05) is 18.0 Å². The lowest BCUT2D eigenvalue weighted by Gasteiger charge is -2.14. The molecule has 128 valence electrons. The monoisotopic (exact) mass is 340 g/mol. The summed E-state index contributed by atoms with van der Waals surface area (Å²) >= 11 is 0. The van der Waals surface area contributed by atoms with Crippen molar-refractivity contribution >= 4 is 21.7 Å². The zero-order valence-corrected chi connectivity index (χ0v) is 14.2. The van der Waals surface area contributed by atoms with Crippen LogP contribution in [-0.4, -0.2) is 32.0 Å². The van der Waals surface area contributed by atoms with Gasteiger partial charge in [0.1, 0.15) is 0 Å². The van der Waals surface area contributed by atoms with Gasteiger partial charge in [-0.3, -0.25) is 9.35 Å². The standard InChI is InChI=1S/C10H11NO4S.C6H13N/c1-7(12)11-5-4-8-2-3-9(6-10(8)11)16(13,14)15;7-5-6-3-1-2-4-6/h2-3,6H,4-5H2,1H3,(H,13,14,15);6H,1-5,7H2. The first kappa shape index (κ1) is 17.9. The maximum atomic E-state index is 11.3. The predicted molar refractivity (Wildman–Crippen MR) is 89.0 cm³/mol. The Morgan fingerprint density at radius 1 is 1.35 bits per heavy atom. The van der Waals surface area contributed by atoms with Gasteiger partial charge < -0.3 is 10.6 Å². The quantitative estimate of drug-likeness (QED) is 0.802. The average molecular weight is 340 g/mol. The maximum Gasteiger partial charge on any atom is 0.294 e. The van der Waals surface area contributed by atoms with E-state index in [0.717, 1.165) is 18.0 Å². The Hall–Kier alpha value is -1.44. The van der Waals surface area contributed by atoms with Crippen LogP contribution in [0.1, 0.15) is 38.2 Å². The lowest BCUT2D eigenvalue weighted by atomic mass is 10.1. The fourth-order valence-electron chi connectivity index (χ4n) is 3.09. The SMILES string of the molecule is CC(=O)N1CCc2ccc(S(=O)(=O)O)cc21.NCC1CCCC1. The van der Waals surface area contributed by atoms with Gasteiger partial charge in [-0.25, -0.2) is 0 Å². The summed E-state index contributed by atoms with van der Waals surface area (Å²) in [6.45, 7) is 2.90. The molecule has 0 aromatic heterocycles. The third kappa shape index (κ3) is 4.53. The largest absolute Gasteiger partial charge is 0.330 e. The minimum absolute atomic E-state index is 0.133. The Morgan fingerprint density at radius 3 is 2.48 bits per heavy atom. The van der Waals surface area contributed by atoms with Gasteiger partial charge in [0, 0.05) is 19.2 Å². The summed E-state index contributed by atoms with van der Waals surface area (Å²) in [6.07, 6.45) is 6.32. The van der Waals surface area contributed by atoms with Gasteiger partial charge in [-0.05, 0) is 49.4 Å². The molecule has 1 aliphatic heterocycles. The van der Waals surface area contributed by atoms with Crippen molar-refractivity contribution < 1.29 is 17.8 Å². The summed E-state index contributed by atoms with van der Waals surface area (Å²) in [4.78, 5) is 12.6. The van der Waals surface area contributed by atoms with E-state index in [-0.39, 0.29) is 10.8 Å². The van der Waals surface area contributed by atoms with E-state index in [9.17, 15) is 13.2 Å². The van der Waals surface area contributed by atoms with Crippen LogP contribution in [0.15, 0.2) is 23.1 Å².